The highest BCUT2D eigenvalue weighted by Crippen LogP contribution is 2.66. The average molecular weight is 326 g/mol. The van der Waals surface area contributed by atoms with Gasteiger partial charge in [-0.05, 0) is 41.9 Å². The first kappa shape index (κ1) is 15.6. The molecule has 0 spiro atoms. The molecule has 0 saturated heterocycles. The van der Waals surface area contributed by atoms with Crippen molar-refractivity contribution < 1.29 is 4.74 Å². The molecule has 4 rings (SSSR count). The lowest BCUT2D eigenvalue weighted by atomic mass is 9.70. The van der Waals surface area contributed by atoms with Crippen molar-refractivity contribution in [3.8, 4) is 5.75 Å². The normalized spacial score (nSPS) is 26.6. The maximum Gasteiger partial charge on any atom is 0.270 e. The molecule has 1 heterocycles. The van der Waals surface area contributed by atoms with Crippen LogP contribution in [0.1, 0.15) is 56.4 Å². The summed E-state index contributed by atoms with van der Waals surface area (Å²) in [6.45, 7) is 7.59. The summed E-state index contributed by atoms with van der Waals surface area (Å²) >= 11 is 0. The monoisotopic (exact) mass is 326 g/mol. The standard InChI is InChI=1S/C20H26N2O2/c1-19(2)15-9-10-20(19,3)17-16(15)18(23)22(21(17)4)12-13-7-6-8-14(11-13)24-5/h6-8,11,15H,9-10,12H2,1-5H3/t15-,20+/m1/s1. The van der Waals surface area contributed by atoms with Crippen molar-refractivity contribution >= 4 is 0 Å². The van der Waals surface area contributed by atoms with E-state index in [-0.39, 0.29) is 16.4 Å². The van der Waals surface area contributed by atoms with Crippen LogP contribution in [0.2, 0.25) is 0 Å². The number of benzene rings is 1. The number of hydrogen-bond acceptors (Lipinski definition) is 2. The van der Waals surface area contributed by atoms with Gasteiger partial charge in [-0.2, -0.15) is 0 Å². The van der Waals surface area contributed by atoms with Crippen molar-refractivity contribution in [1.29, 1.82) is 0 Å². The Morgan fingerprint density at radius 1 is 1.29 bits per heavy atom. The van der Waals surface area contributed by atoms with Crippen LogP contribution in [0.5, 0.6) is 5.75 Å². The van der Waals surface area contributed by atoms with Gasteiger partial charge in [-0.15, -0.1) is 0 Å². The number of nitrogens with zero attached hydrogens (tertiary/aromatic N) is 2. The molecule has 1 aromatic heterocycles. The Labute approximate surface area is 143 Å². The molecular formula is C20H26N2O2. The average Bonchev–Trinajstić information content (AvgIpc) is 3.01. The van der Waals surface area contributed by atoms with Crippen molar-refractivity contribution in [2.45, 2.75) is 51.5 Å². The molecule has 0 radical (unpaired) electrons. The molecule has 4 heteroatoms. The molecule has 0 N–H and O–H groups in total. The van der Waals surface area contributed by atoms with E-state index >= 15 is 0 Å². The molecule has 1 fully saturated rings. The first-order valence-electron chi connectivity index (χ1n) is 8.74. The lowest BCUT2D eigenvalue weighted by Gasteiger charge is -2.36. The first-order valence-corrected chi connectivity index (χ1v) is 8.74. The van der Waals surface area contributed by atoms with E-state index in [0.717, 1.165) is 23.3 Å². The Balaban J connectivity index is 1.82. The third-order valence-electron chi connectivity index (χ3n) is 6.97. The highest BCUT2D eigenvalue weighted by Gasteiger charge is 2.62. The summed E-state index contributed by atoms with van der Waals surface area (Å²) in [7, 11) is 3.71. The van der Waals surface area contributed by atoms with Gasteiger partial charge in [0.15, 0.2) is 0 Å². The van der Waals surface area contributed by atoms with Crippen LogP contribution in [-0.4, -0.2) is 16.5 Å². The molecule has 0 aliphatic heterocycles. The number of methoxy groups -OCH3 is 1. The second kappa shape index (κ2) is 4.78. The summed E-state index contributed by atoms with van der Waals surface area (Å²) in [6, 6.07) is 7.96. The van der Waals surface area contributed by atoms with Gasteiger partial charge >= 0.3 is 0 Å². The minimum Gasteiger partial charge on any atom is -0.497 e. The molecule has 2 aromatic rings. The zero-order valence-corrected chi connectivity index (χ0v) is 15.2. The van der Waals surface area contributed by atoms with Gasteiger partial charge in [0.1, 0.15) is 5.75 Å². The summed E-state index contributed by atoms with van der Waals surface area (Å²) in [6.07, 6.45) is 2.31. The molecule has 24 heavy (non-hydrogen) atoms. The van der Waals surface area contributed by atoms with Gasteiger partial charge in [0, 0.05) is 18.0 Å². The molecule has 1 aromatic carbocycles. The smallest absolute Gasteiger partial charge is 0.270 e. The van der Waals surface area contributed by atoms with Gasteiger partial charge in [-0.3, -0.25) is 9.48 Å². The van der Waals surface area contributed by atoms with Crippen LogP contribution in [0, 0.1) is 5.41 Å². The van der Waals surface area contributed by atoms with Crippen LogP contribution in [0.4, 0.5) is 0 Å². The zero-order chi connectivity index (χ0) is 17.3. The van der Waals surface area contributed by atoms with Crippen LogP contribution >= 0.6 is 0 Å². The van der Waals surface area contributed by atoms with E-state index in [4.69, 9.17) is 4.74 Å². The number of hydrogen-bond donors (Lipinski definition) is 0. The number of rotatable bonds is 3. The third kappa shape index (κ3) is 1.72. The van der Waals surface area contributed by atoms with Gasteiger partial charge in [0.25, 0.3) is 5.56 Å². The van der Waals surface area contributed by atoms with E-state index in [1.165, 1.54) is 12.1 Å². The second-order valence-electron chi connectivity index (χ2n) is 8.15. The summed E-state index contributed by atoms with van der Waals surface area (Å²) in [4.78, 5) is 13.2. The molecule has 2 bridgehead atoms. The van der Waals surface area contributed by atoms with Crippen LogP contribution < -0.4 is 10.3 Å². The van der Waals surface area contributed by atoms with Gasteiger partial charge in [0.05, 0.1) is 19.3 Å². The highest BCUT2D eigenvalue weighted by molar-refractivity contribution is 5.45. The summed E-state index contributed by atoms with van der Waals surface area (Å²) in [5, 5.41) is 0. The lowest BCUT2D eigenvalue weighted by Crippen LogP contribution is -2.35. The quantitative estimate of drug-likeness (QED) is 0.866. The van der Waals surface area contributed by atoms with Crippen LogP contribution in [0.25, 0.3) is 0 Å². The molecule has 1 saturated carbocycles. The number of fused-ring (bicyclic) bond motifs is 5. The largest absolute Gasteiger partial charge is 0.497 e. The van der Waals surface area contributed by atoms with E-state index in [2.05, 4.69) is 25.5 Å². The van der Waals surface area contributed by atoms with Gasteiger partial charge < -0.3 is 4.74 Å². The van der Waals surface area contributed by atoms with E-state index in [1.54, 1.807) is 7.11 Å². The summed E-state index contributed by atoms with van der Waals surface area (Å²) in [5.41, 5.74) is 3.88. The Morgan fingerprint density at radius 3 is 2.71 bits per heavy atom. The summed E-state index contributed by atoms with van der Waals surface area (Å²) in [5.74, 6) is 1.22. The molecule has 0 unspecified atom stereocenters. The van der Waals surface area contributed by atoms with Crippen LogP contribution in [0.3, 0.4) is 0 Å². The molecule has 4 nitrogen and oxygen atoms in total. The molecule has 2 aliphatic carbocycles. The minimum atomic E-state index is 0.0978. The van der Waals surface area contributed by atoms with Crippen LogP contribution in [0.15, 0.2) is 29.1 Å². The topological polar surface area (TPSA) is 36.2 Å². The Morgan fingerprint density at radius 2 is 2.04 bits per heavy atom. The van der Waals surface area contributed by atoms with E-state index in [1.807, 2.05) is 36.0 Å². The van der Waals surface area contributed by atoms with Crippen LogP contribution in [-0.2, 0) is 19.0 Å². The van der Waals surface area contributed by atoms with E-state index in [0.29, 0.717) is 12.5 Å². The Kier molecular flexibility index (Phi) is 3.09. The fraction of sp³-hybridized carbons (Fsp3) is 0.550. The van der Waals surface area contributed by atoms with Gasteiger partial charge in [-0.25, -0.2) is 4.68 Å². The second-order valence-corrected chi connectivity index (χ2v) is 8.15. The van der Waals surface area contributed by atoms with Gasteiger partial charge in [0.2, 0.25) is 0 Å². The fourth-order valence-electron chi connectivity index (χ4n) is 5.19. The molecular weight excluding hydrogens is 300 g/mol. The van der Waals surface area contributed by atoms with Gasteiger partial charge in [-0.1, -0.05) is 32.9 Å². The summed E-state index contributed by atoms with van der Waals surface area (Å²) < 4.78 is 9.32. The predicted octanol–water partition coefficient (Wildman–Crippen LogP) is 3.42. The molecule has 2 atom stereocenters. The highest BCUT2D eigenvalue weighted by atomic mass is 16.5. The molecule has 0 amide bonds. The fourth-order valence-corrected chi connectivity index (χ4v) is 5.19. The van der Waals surface area contributed by atoms with Crippen molar-refractivity contribution in [3.63, 3.8) is 0 Å². The zero-order valence-electron chi connectivity index (χ0n) is 15.2. The van der Waals surface area contributed by atoms with Crippen molar-refractivity contribution in [2.24, 2.45) is 12.5 Å². The van der Waals surface area contributed by atoms with E-state index in [9.17, 15) is 4.79 Å². The van der Waals surface area contributed by atoms with Crippen molar-refractivity contribution in [3.05, 3.63) is 51.4 Å². The van der Waals surface area contributed by atoms with Crippen molar-refractivity contribution in [2.75, 3.05) is 7.11 Å². The number of ether oxygens (including phenoxy) is 1. The maximum absolute atomic E-state index is 13.2. The minimum absolute atomic E-state index is 0.0978. The number of aromatic nitrogens is 2. The molecule has 128 valence electrons. The third-order valence-corrected chi connectivity index (χ3v) is 6.97. The van der Waals surface area contributed by atoms with Crippen molar-refractivity contribution in [1.82, 2.24) is 9.36 Å². The Bertz CT molecular complexity index is 874. The Hall–Kier alpha value is -1.97. The lowest BCUT2D eigenvalue weighted by molar-refractivity contribution is 0.215. The SMILES string of the molecule is COc1cccc(Cn2c(=O)c3c(n2C)[C@]2(C)CC[C@H]3C2(C)C)c1. The molecule has 2 aliphatic rings. The predicted molar refractivity (Wildman–Crippen MR) is 94.9 cm³/mol. The van der Waals surface area contributed by atoms with E-state index < -0.39 is 0 Å². The maximum atomic E-state index is 13.2. The first-order chi connectivity index (χ1) is 11.3.